The standard InChI is InChI=1S/C10H11Br2N5O2/c11-6-4-7(12)8(15-5-6)9(10(18)19)14-2-1-3-16-17-13/h4-5,9,14H,1-3H2,(H,18,19). The van der Waals surface area contributed by atoms with Gasteiger partial charge in [0.05, 0.1) is 5.69 Å². The quantitative estimate of drug-likeness (QED) is 0.321. The van der Waals surface area contributed by atoms with Crippen LogP contribution in [0, 0.1) is 0 Å². The highest BCUT2D eigenvalue weighted by atomic mass is 79.9. The molecule has 0 aliphatic heterocycles. The van der Waals surface area contributed by atoms with E-state index in [2.05, 4.69) is 52.2 Å². The van der Waals surface area contributed by atoms with Gasteiger partial charge in [0.1, 0.15) is 6.04 Å². The van der Waals surface area contributed by atoms with E-state index in [9.17, 15) is 9.90 Å². The lowest BCUT2D eigenvalue weighted by atomic mass is 10.2. The van der Waals surface area contributed by atoms with Gasteiger partial charge in [-0.3, -0.25) is 15.1 Å². The summed E-state index contributed by atoms with van der Waals surface area (Å²) in [6.45, 7) is 0.741. The maximum Gasteiger partial charge on any atom is 0.327 e. The molecule has 0 aromatic carbocycles. The monoisotopic (exact) mass is 391 g/mol. The van der Waals surface area contributed by atoms with Crippen molar-refractivity contribution in [3.8, 4) is 0 Å². The third-order valence-electron chi connectivity index (χ3n) is 2.20. The highest BCUT2D eigenvalue weighted by Crippen LogP contribution is 2.24. The van der Waals surface area contributed by atoms with Gasteiger partial charge in [-0.1, -0.05) is 5.11 Å². The molecule has 0 amide bonds. The van der Waals surface area contributed by atoms with Crippen LogP contribution in [0.5, 0.6) is 0 Å². The largest absolute Gasteiger partial charge is 0.480 e. The van der Waals surface area contributed by atoms with Crippen molar-refractivity contribution < 1.29 is 9.90 Å². The second-order valence-corrected chi connectivity index (χ2v) is 5.32. The first-order chi connectivity index (χ1) is 9.06. The van der Waals surface area contributed by atoms with E-state index in [1.165, 1.54) is 6.20 Å². The van der Waals surface area contributed by atoms with E-state index in [1.807, 2.05) is 0 Å². The molecule has 1 aromatic heterocycles. The summed E-state index contributed by atoms with van der Waals surface area (Å²) in [7, 11) is 0. The van der Waals surface area contributed by atoms with Crippen LogP contribution >= 0.6 is 31.9 Å². The molecule has 1 aromatic rings. The average molecular weight is 393 g/mol. The minimum absolute atomic E-state index is 0.324. The highest BCUT2D eigenvalue weighted by Gasteiger charge is 2.22. The van der Waals surface area contributed by atoms with Crippen molar-refractivity contribution in [1.82, 2.24) is 10.3 Å². The number of aliphatic carboxylic acids is 1. The van der Waals surface area contributed by atoms with Crippen LogP contribution < -0.4 is 5.32 Å². The Morgan fingerprint density at radius 1 is 1.63 bits per heavy atom. The first-order valence-corrected chi connectivity index (χ1v) is 6.93. The van der Waals surface area contributed by atoms with Gasteiger partial charge >= 0.3 is 5.97 Å². The van der Waals surface area contributed by atoms with Gasteiger partial charge in [-0.25, -0.2) is 0 Å². The van der Waals surface area contributed by atoms with Crippen molar-refractivity contribution in [2.45, 2.75) is 12.5 Å². The number of halogens is 2. The lowest BCUT2D eigenvalue weighted by Gasteiger charge is -2.15. The van der Waals surface area contributed by atoms with Crippen molar-refractivity contribution in [3.63, 3.8) is 0 Å². The van der Waals surface area contributed by atoms with E-state index < -0.39 is 12.0 Å². The summed E-state index contributed by atoms with van der Waals surface area (Å²) >= 11 is 6.54. The predicted octanol–water partition coefficient (Wildman–Crippen LogP) is 3.02. The molecule has 1 heterocycles. The Bertz CT molecular complexity index is 505. The van der Waals surface area contributed by atoms with Gasteiger partial charge in [0.2, 0.25) is 0 Å². The number of carboxylic acid groups (broad SMARTS) is 1. The molecule has 0 saturated heterocycles. The van der Waals surface area contributed by atoms with Crippen LogP contribution in [-0.4, -0.2) is 29.1 Å². The number of rotatable bonds is 7. The van der Waals surface area contributed by atoms with Crippen LogP contribution in [0.3, 0.4) is 0 Å². The van der Waals surface area contributed by atoms with Crippen LogP contribution in [0.2, 0.25) is 0 Å². The van der Waals surface area contributed by atoms with Gasteiger partial charge in [-0.15, -0.1) is 0 Å². The zero-order chi connectivity index (χ0) is 14.3. The fraction of sp³-hybridized carbons (Fsp3) is 0.400. The van der Waals surface area contributed by atoms with E-state index in [-0.39, 0.29) is 0 Å². The maximum absolute atomic E-state index is 11.2. The number of carbonyl (C=O) groups is 1. The minimum Gasteiger partial charge on any atom is -0.480 e. The molecule has 1 unspecified atom stereocenters. The second-order valence-electron chi connectivity index (χ2n) is 3.55. The molecule has 0 saturated carbocycles. The fourth-order valence-corrected chi connectivity index (χ4v) is 2.60. The van der Waals surface area contributed by atoms with Gasteiger partial charge in [-0.05, 0) is 56.4 Å². The van der Waals surface area contributed by atoms with Crippen LogP contribution in [0.25, 0.3) is 10.4 Å². The summed E-state index contributed by atoms with van der Waals surface area (Å²) < 4.78 is 1.37. The number of aromatic nitrogens is 1. The summed E-state index contributed by atoms with van der Waals surface area (Å²) in [4.78, 5) is 18.0. The van der Waals surface area contributed by atoms with E-state index >= 15 is 0 Å². The van der Waals surface area contributed by atoms with Gasteiger partial charge in [-0.2, -0.15) is 0 Å². The van der Waals surface area contributed by atoms with Crippen molar-refractivity contribution >= 4 is 37.8 Å². The molecule has 7 nitrogen and oxygen atoms in total. The fourth-order valence-electron chi connectivity index (χ4n) is 1.38. The van der Waals surface area contributed by atoms with Crippen molar-refractivity contribution in [3.05, 3.63) is 37.3 Å². The van der Waals surface area contributed by atoms with E-state index in [0.29, 0.717) is 29.7 Å². The van der Waals surface area contributed by atoms with E-state index in [1.54, 1.807) is 6.07 Å². The Morgan fingerprint density at radius 2 is 2.37 bits per heavy atom. The predicted molar refractivity (Wildman–Crippen MR) is 76.6 cm³/mol. The molecule has 1 atom stereocenters. The molecule has 1 rings (SSSR count). The third kappa shape index (κ3) is 5.15. The number of azide groups is 1. The smallest absolute Gasteiger partial charge is 0.327 e. The molecule has 19 heavy (non-hydrogen) atoms. The first-order valence-electron chi connectivity index (χ1n) is 5.34. The molecule has 0 radical (unpaired) electrons. The van der Waals surface area contributed by atoms with Gasteiger partial charge in [0, 0.05) is 26.6 Å². The average Bonchev–Trinajstić information content (AvgIpc) is 2.35. The summed E-state index contributed by atoms with van der Waals surface area (Å²) in [5.41, 5.74) is 8.53. The van der Waals surface area contributed by atoms with Gasteiger partial charge < -0.3 is 5.11 Å². The number of pyridine rings is 1. The van der Waals surface area contributed by atoms with E-state index in [4.69, 9.17) is 5.53 Å². The molecule has 102 valence electrons. The van der Waals surface area contributed by atoms with Gasteiger partial charge in [0.25, 0.3) is 0 Å². The minimum atomic E-state index is -1.01. The summed E-state index contributed by atoms with van der Waals surface area (Å²) in [6.07, 6.45) is 2.10. The topological polar surface area (TPSA) is 111 Å². The van der Waals surface area contributed by atoms with Crippen molar-refractivity contribution in [1.29, 1.82) is 0 Å². The molecular weight excluding hydrogens is 382 g/mol. The normalized spacial score (nSPS) is 11.7. The molecule has 0 fully saturated rings. The van der Waals surface area contributed by atoms with Crippen LogP contribution in [0.1, 0.15) is 18.2 Å². The number of hydrogen-bond donors (Lipinski definition) is 2. The number of carboxylic acids is 1. The summed E-state index contributed by atoms with van der Waals surface area (Å²) in [5.74, 6) is -1.01. The number of nitrogens with zero attached hydrogens (tertiary/aromatic N) is 4. The summed E-state index contributed by atoms with van der Waals surface area (Å²) in [5, 5.41) is 15.4. The Balaban J connectivity index is 2.71. The molecule has 2 N–H and O–H groups in total. The highest BCUT2D eigenvalue weighted by molar-refractivity contribution is 9.11. The zero-order valence-electron chi connectivity index (χ0n) is 9.75. The Kier molecular flexibility index (Phi) is 6.79. The first kappa shape index (κ1) is 15.9. The number of nitrogens with one attached hydrogen (secondary N) is 1. The zero-order valence-corrected chi connectivity index (χ0v) is 12.9. The second kappa shape index (κ2) is 8.11. The summed E-state index contributed by atoms with van der Waals surface area (Å²) in [6, 6.07) is 0.827. The van der Waals surface area contributed by atoms with Crippen molar-refractivity contribution in [2.24, 2.45) is 5.11 Å². The van der Waals surface area contributed by atoms with Gasteiger partial charge in [0.15, 0.2) is 0 Å². The lowest BCUT2D eigenvalue weighted by Crippen LogP contribution is -2.30. The third-order valence-corrected chi connectivity index (χ3v) is 3.27. The molecular formula is C10H11Br2N5O2. The SMILES string of the molecule is [N-]=[N+]=NCCCNC(C(=O)O)c1ncc(Br)cc1Br. The Labute approximate surface area is 126 Å². The van der Waals surface area contributed by atoms with Crippen LogP contribution in [0.4, 0.5) is 0 Å². The van der Waals surface area contributed by atoms with Crippen LogP contribution in [0.15, 0.2) is 26.3 Å². The molecule has 0 aliphatic carbocycles. The van der Waals surface area contributed by atoms with E-state index in [0.717, 1.165) is 4.47 Å². The molecule has 0 bridgehead atoms. The maximum atomic E-state index is 11.2. The lowest BCUT2D eigenvalue weighted by molar-refractivity contribution is -0.139. The van der Waals surface area contributed by atoms with Crippen LogP contribution in [-0.2, 0) is 4.79 Å². The Morgan fingerprint density at radius 3 is 2.95 bits per heavy atom. The molecule has 0 spiro atoms. The number of hydrogen-bond acceptors (Lipinski definition) is 4. The molecule has 9 heteroatoms. The Hall–Kier alpha value is -1.15. The van der Waals surface area contributed by atoms with Crippen molar-refractivity contribution in [2.75, 3.05) is 13.1 Å². The molecule has 0 aliphatic rings.